The summed E-state index contributed by atoms with van der Waals surface area (Å²) in [7, 11) is -1.54. The average Bonchev–Trinajstić information content (AvgIpc) is 2.97. The van der Waals surface area contributed by atoms with Gasteiger partial charge in [0.05, 0.1) is 33.5 Å². The van der Waals surface area contributed by atoms with E-state index in [1.165, 1.54) is 24.1 Å². The van der Waals surface area contributed by atoms with Crippen molar-refractivity contribution in [3.05, 3.63) is 84.5 Å². The molecule has 214 valence electrons. The zero-order valence-corrected chi connectivity index (χ0v) is 24.8. The first-order valence-electron chi connectivity index (χ1n) is 14.0. The summed E-state index contributed by atoms with van der Waals surface area (Å²) in [5.41, 5.74) is 1.74. The molecule has 0 radical (unpaired) electrons. The molecular weight excluding hydrogens is 526 g/mol. The summed E-state index contributed by atoms with van der Waals surface area (Å²) in [6, 6.07) is 19.4. The molecule has 40 heavy (non-hydrogen) atoms. The Morgan fingerprint density at radius 3 is 1.93 bits per heavy atom. The predicted molar refractivity (Wildman–Crippen MR) is 161 cm³/mol. The molecule has 1 N–H and O–H groups in total. The van der Waals surface area contributed by atoms with Crippen molar-refractivity contribution in [2.24, 2.45) is 0 Å². The number of hydrogen-bond acceptors (Lipinski definition) is 4. The van der Waals surface area contributed by atoms with E-state index < -0.39 is 32.3 Å². The molecular formula is C33H40F2O4Si. The van der Waals surface area contributed by atoms with E-state index in [2.05, 4.69) is 38.7 Å². The second-order valence-corrected chi connectivity index (χ2v) is 15.5. The van der Waals surface area contributed by atoms with Crippen molar-refractivity contribution in [1.82, 2.24) is 0 Å². The maximum absolute atomic E-state index is 15.2. The van der Waals surface area contributed by atoms with Crippen LogP contribution in [0, 0.1) is 11.6 Å². The lowest BCUT2D eigenvalue weighted by molar-refractivity contribution is -0.139. The van der Waals surface area contributed by atoms with Crippen molar-refractivity contribution in [3.63, 3.8) is 0 Å². The van der Waals surface area contributed by atoms with E-state index in [1.54, 1.807) is 36.4 Å². The van der Waals surface area contributed by atoms with Gasteiger partial charge in [-0.25, -0.2) is 13.6 Å². The molecule has 0 fully saturated rings. The van der Waals surface area contributed by atoms with Gasteiger partial charge >= 0.3 is 5.97 Å². The lowest BCUT2D eigenvalue weighted by atomic mass is 9.99. The third kappa shape index (κ3) is 8.35. The SMILES string of the molecule is C=C(CO)C(=O)OCCCCCOc1ccc(-c2ccc(-c3ccc([Si](C)(C)CCCC)cc3)c(F)c2F)cc1. The highest BCUT2D eigenvalue weighted by atomic mass is 28.3. The fourth-order valence-electron chi connectivity index (χ4n) is 4.49. The number of rotatable bonds is 15. The Hall–Kier alpha value is -3.29. The van der Waals surface area contributed by atoms with Crippen LogP contribution in [0.1, 0.15) is 39.0 Å². The summed E-state index contributed by atoms with van der Waals surface area (Å²) in [5, 5.41) is 10.2. The molecule has 0 aliphatic heterocycles. The Morgan fingerprint density at radius 2 is 1.38 bits per heavy atom. The Kier molecular flexibility index (Phi) is 11.6. The molecule has 4 nitrogen and oxygen atoms in total. The maximum atomic E-state index is 15.2. The minimum absolute atomic E-state index is 0.0403. The van der Waals surface area contributed by atoms with Gasteiger partial charge < -0.3 is 14.6 Å². The number of benzene rings is 3. The molecule has 3 aromatic carbocycles. The van der Waals surface area contributed by atoms with Crippen molar-refractivity contribution in [2.75, 3.05) is 19.8 Å². The van der Waals surface area contributed by atoms with Gasteiger partial charge in [-0.1, -0.05) is 99.2 Å². The van der Waals surface area contributed by atoms with Crippen molar-refractivity contribution in [1.29, 1.82) is 0 Å². The van der Waals surface area contributed by atoms with Crippen molar-refractivity contribution < 1.29 is 28.2 Å². The molecule has 0 aliphatic rings. The number of esters is 1. The number of aliphatic hydroxyl groups is 1. The Bertz CT molecular complexity index is 1270. The first-order valence-corrected chi connectivity index (χ1v) is 17.2. The summed E-state index contributed by atoms with van der Waals surface area (Å²) in [4.78, 5) is 11.4. The predicted octanol–water partition coefficient (Wildman–Crippen LogP) is 7.66. The highest BCUT2D eigenvalue weighted by molar-refractivity contribution is 6.89. The molecule has 3 aromatic rings. The Morgan fingerprint density at radius 1 is 0.825 bits per heavy atom. The number of aliphatic hydroxyl groups excluding tert-OH is 1. The molecule has 0 aromatic heterocycles. The molecule has 7 heteroatoms. The molecule has 0 bridgehead atoms. The van der Waals surface area contributed by atoms with Crippen LogP contribution in [0.3, 0.4) is 0 Å². The van der Waals surface area contributed by atoms with E-state index in [0.717, 1.165) is 12.8 Å². The van der Waals surface area contributed by atoms with Crippen molar-refractivity contribution in [2.45, 2.75) is 58.2 Å². The molecule has 0 atom stereocenters. The molecule has 0 aliphatic carbocycles. The van der Waals surface area contributed by atoms with Gasteiger partial charge in [0, 0.05) is 11.1 Å². The van der Waals surface area contributed by atoms with Crippen LogP contribution in [0.15, 0.2) is 72.8 Å². The van der Waals surface area contributed by atoms with Gasteiger partial charge in [0.2, 0.25) is 0 Å². The molecule has 0 spiro atoms. The third-order valence-corrected chi connectivity index (χ3v) is 10.7. The topological polar surface area (TPSA) is 55.8 Å². The van der Waals surface area contributed by atoms with Crippen LogP contribution in [0.25, 0.3) is 22.3 Å². The standard InChI is InChI=1S/C33H40F2O4Si/c1-5-6-22-40(3,4)28-16-12-26(13-17-28)30-19-18-29(31(34)32(30)35)25-10-14-27(15-11-25)38-20-8-7-9-21-39-33(37)24(2)23-36/h10-19,36H,2,5-9,20-23H2,1,3-4H3. The van der Waals surface area contributed by atoms with Crippen molar-refractivity contribution >= 4 is 19.2 Å². The molecule has 0 heterocycles. The molecule has 3 rings (SSSR count). The van der Waals surface area contributed by atoms with E-state index in [-0.39, 0.29) is 23.3 Å². The van der Waals surface area contributed by atoms with Gasteiger partial charge in [-0.05, 0) is 42.5 Å². The second-order valence-electron chi connectivity index (χ2n) is 10.7. The van der Waals surface area contributed by atoms with E-state index in [9.17, 15) is 4.79 Å². The highest BCUT2D eigenvalue weighted by Crippen LogP contribution is 2.32. The number of unbranched alkanes of at least 4 members (excludes halogenated alkanes) is 3. The second kappa shape index (κ2) is 14.9. The molecule has 0 saturated heterocycles. The lowest BCUT2D eigenvalue weighted by Crippen LogP contribution is -2.40. The van der Waals surface area contributed by atoms with Gasteiger partial charge in [-0.2, -0.15) is 0 Å². The fraction of sp³-hybridized carbons (Fsp3) is 0.364. The fourth-order valence-corrected chi connectivity index (χ4v) is 7.09. The van der Waals surface area contributed by atoms with Crippen molar-refractivity contribution in [3.8, 4) is 28.0 Å². The number of carbonyl (C=O) groups is 1. The molecule has 0 unspecified atom stereocenters. The smallest absolute Gasteiger partial charge is 0.335 e. The van der Waals surface area contributed by atoms with Crippen LogP contribution in [0.5, 0.6) is 5.75 Å². The van der Waals surface area contributed by atoms with E-state index in [1.807, 2.05) is 12.1 Å². The summed E-state index contributed by atoms with van der Waals surface area (Å²) >= 11 is 0. The minimum Gasteiger partial charge on any atom is -0.494 e. The van der Waals surface area contributed by atoms with Gasteiger partial charge in [-0.15, -0.1) is 0 Å². The monoisotopic (exact) mass is 566 g/mol. The number of halogens is 2. The van der Waals surface area contributed by atoms with Gasteiger partial charge in [-0.3, -0.25) is 0 Å². The van der Waals surface area contributed by atoms with Crippen LogP contribution in [0.2, 0.25) is 19.1 Å². The largest absolute Gasteiger partial charge is 0.494 e. The number of hydrogen-bond donors (Lipinski definition) is 1. The molecule has 0 amide bonds. The zero-order valence-electron chi connectivity index (χ0n) is 23.8. The van der Waals surface area contributed by atoms with E-state index in [4.69, 9.17) is 14.6 Å². The first kappa shape index (κ1) is 31.2. The van der Waals surface area contributed by atoms with Gasteiger partial charge in [0.25, 0.3) is 0 Å². The van der Waals surface area contributed by atoms with Gasteiger partial charge in [0.1, 0.15) is 5.75 Å². The number of carbonyl (C=O) groups excluding carboxylic acids is 1. The van der Waals surface area contributed by atoms with Crippen LogP contribution < -0.4 is 9.92 Å². The third-order valence-electron chi connectivity index (χ3n) is 7.15. The van der Waals surface area contributed by atoms with Crippen LogP contribution >= 0.6 is 0 Å². The minimum atomic E-state index is -1.54. The summed E-state index contributed by atoms with van der Waals surface area (Å²) in [5.74, 6) is -1.66. The zero-order chi connectivity index (χ0) is 29.1. The Labute approximate surface area is 237 Å². The average molecular weight is 567 g/mol. The summed E-state index contributed by atoms with van der Waals surface area (Å²) in [6.07, 6.45) is 4.62. The molecule has 0 saturated carbocycles. The van der Waals surface area contributed by atoms with Crippen LogP contribution in [-0.2, 0) is 9.53 Å². The summed E-state index contributed by atoms with van der Waals surface area (Å²) in [6.45, 7) is 10.7. The van der Waals surface area contributed by atoms with E-state index in [0.29, 0.717) is 29.9 Å². The number of ether oxygens (including phenoxy) is 2. The van der Waals surface area contributed by atoms with Gasteiger partial charge in [0.15, 0.2) is 11.6 Å². The first-order chi connectivity index (χ1) is 19.2. The van der Waals surface area contributed by atoms with Crippen LogP contribution in [-0.4, -0.2) is 39.0 Å². The highest BCUT2D eigenvalue weighted by Gasteiger charge is 2.23. The maximum Gasteiger partial charge on any atom is 0.335 e. The summed E-state index contributed by atoms with van der Waals surface area (Å²) < 4.78 is 41.1. The normalized spacial score (nSPS) is 11.3. The van der Waals surface area contributed by atoms with E-state index >= 15 is 8.78 Å². The quantitative estimate of drug-likeness (QED) is 0.0888. The van der Waals surface area contributed by atoms with Crippen LogP contribution in [0.4, 0.5) is 8.78 Å². The Balaban J connectivity index is 1.56. The lowest BCUT2D eigenvalue weighted by Gasteiger charge is -2.23.